The molecule has 0 aliphatic carbocycles. The summed E-state index contributed by atoms with van der Waals surface area (Å²) in [6.07, 6.45) is 0. The predicted octanol–water partition coefficient (Wildman–Crippen LogP) is 1.68. The van der Waals surface area contributed by atoms with Crippen LogP contribution in [0.5, 0.6) is 0 Å². The summed E-state index contributed by atoms with van der Waals surface area (Å²) in [5.74, 6) is 0.303. The zero-order valence-electron chi connectivity index (χ0n) is 10.3. The lowest BCUT2D eigenvalue weighted by molar-refractivity contribution is 0.227. The zero-order valence-corrected chi connectivity index (χ0v) is 10.3. The number of rotatable bonds is 5. The first kappa shape index (κ1) is 13.5. The lowest BCUT2D eigenvalue weighted by Crippen LogP contribution is -2.40. The van der Waals surface area contributed by atoms with Gasteiger partial charge in [-0.2, -0.15) is 0 Å². The Balaban J connectivity index is 2.65. The third kappa shape index (κ3) is 4.44. The molecule has 1 aromatic carbocycles. The maximum Gasteiger partial charge on any atom is 0.315 e. The fourth-order valence-corrected chi connectivity index (χ4v) is 1.66. The van der Waals surface area contributed by atoms with Crippen molar-refractivity contribution >= 4 is 6.03 Å². The van der Waals surface area contributed by atoms with Crippen LogP contribution in [0.2, 0.25) is 0 Å². The highest BCUT2D eigenvalue weighted by Crippen LogP contribution is 2.20. The summed E-state index contributed by atoms with van der Waals surface area (Å²) in [4.78, 5) is 11.6. The first-order chi connectivity index (χ1) is 8.15. The monoisotopic (exact) mass is 236 g/mol. The SMILES string of the molecule is CC(C)C(NC(=O)NCCO)c1ccccc1. The number of amides is 2. The van der Waals surface area contributed by atoms with Gasteiger partial charge in [0.2, 0.25) is 0 Å². The topological polar surface area (TPSA) is 61.4 Å². The van der Waals surface area contributed by atoms with Gasteiger partial charge in [-0.1, -0.05) is 44.2 Å². The summed E-state index contributed by atoms with van der Waals surface area (Å²) in [5.41, 5.74) is 1.08. The van der Waals surface area contributed by atoms with E-state index in [0.29, 0.717) is 5.92 Å². The number of hydrogen-bond donors (Lipinski definition) is 3. The van der Waals surface area contributed by atoms with Gasteiger partial charge in [0.25, 0.3) is 0 Å². The van der Waals surface area contributed by atoms with Crippen molar-refractivity contribution in [2.24, 2.45) is 5.92 Å². The highest BCUT2D eigenvalue weighted by atomic mass is 16.3. The van der Waals surface area contributed by atoms with Gasteiger partial charge >= 0.3 is 6.03 Å². The molecule has 0 saturated heterocycles. The van der Waals surface area contributed by atoms with Crippen LogP contribution in [0.15, 0.2) is 30.3 Å². The van der Waals surface area contributed by atoms with Crippen LogP contribution in [0.25, 0.3) is 0 Å². The number of benzene rings is 1. The Morgan fingerprint density at radius 1 is 1.29 bits per heavy atom. The summed E-state index contributed by atoms with van der Waals surface area (Å²) in [6, 6.07) is 9.59. The number of urea groups is 1. The van der Waals surface area contributed by atoms with Gasteiger partial charge in [0, 0.05) is 6.54 Å². The van der Waals surface area contributed by atoms with Gasteiger partial charge in [0.05, 0.1) is 12.6 Å². The molecule has 4 heteroatoms. The van der Waals surface area contributed by atoms with Gasteiger partial charge in [-0.15, -0.1) is 0 Å². The fraction of sp³-hybridized carbons (Fsp3) is 0.462. The predicted molar refractivity (Wildman–Crippen MR) is 67.6 cm³/mol. The fourth-order valence-electron chi connectivity index (χ4n) is 1.66. The molecule has 0 aromatic heterocycles. The molecule has 0 heterocycles. The molecule has 0 radical (unpaired) electrons. The number of nitrogens with one attached hydrogen (secondary N) is 2. The Morgan fingerprint density at radius 3 is 2.47 bits per heavy atom. The first-order valence-corrected chi connectivity index (χ1v) is 5.85. The third-order valence-corrected chi connectivity index (χ3v) is 2.51. The average Bonchev–Trinajstić information content (AvgIpc) is 2.34. The second kappa shape index (κ2) is 6.91. The van der Waals surface area contributed by atoms with E-state index >= 15 is 0 Å². The maximum atomic E-state index is 11.6. The van der Waals surface area contributed by atoms with Crippen LogP contribution >= 0.6 is 0 Å². The minimum atomic E-state index is -0.249. The average molecular weight is 236 g/mol. The normalized spacial score (nSPS) is 12.2. The van der Waals surface area contributed by atoms with Crippen LogP contribution < -0.4 is 10.6 Å². The summed E-state index contributed by atoms with van der Waals surface area (Å²) >= 11 is 0. The van der Waals surface area contributed by atoms with Crippen molar-refractivity contribution in [2.45, 2.75) is 19.9 Å². The Hall–Kier alpha value is -1.55. The van der Waals surface area contributed by atoms with Crippen molar-refractivity contribution in [1.29, 1.82) is 0 Å². The summed E-state index contributed by atoms with van der Waals surface area (Å²) in [5, 5.41) is 14.1. The van der Waals surface area contributed by atoms with E-state index in [9.17, 15) is 4.79 Å². The van der Waals surface area contributed by atoms with E-state index in [1.165, 1.54) is 0 Å². The van der Waals surface area contributed by atoms with Crippen LogP contribution in [0.3, 0.4) is 0 Å². The molecule has 1 rings (SSSR count). The molecule has 2 amide bonds. The summed E-state index contributed by atoms with van der Waals surface area (Å²) in [6.45, 7) is 4.34. The van der Waals surface area contributed by atoms with Crippen LogP contribution in [0.4, 0.5) is 4.79 Å². The van der Waals surface area contributed by atoms with Crippen molar-refractivity contribution < 1.29 is 9.90 Å². The maximum absolute atomic E-state index is 11.6. The Kier molecular flexibility index (Phi) is 5.49. The van der Waals surface area contributed by atoms with Gasteiger partial charge in [-0.05, 0) is 11.5 Å². The highest BCUT2D eigenvalue weighted by molar-refractivity contribution is 5.74. The minimum Gasteiger partial charge on any atom is -0.395 e. The van der Waals surface area contributed by atoms with Crippen LogP contribution in [0.1, 0.15) is 25.5 Å². The molecule has 94 valence electrons. The Bertz CT molecular complexity index is 339. The van der Waals surface area contributed by atoms with E-state index in [2.05, 4.69) is 24.5 Å². The lowest BCUT2D eigenvalue weighted by atomic mass is 9.96. The van der Waals surface area contributed by atoms with Crippen molar-refractivity contribution in [3.05, 3.63) is 35.9 Å². The smallest absolute Gasteiger partial charge is 0.315 e. The van der Waals surface area contributed by atoms with Gasteiger partial charge in [0.1, 0.15) is 0 Å². The number of carbonyl (C=O) groups excluding carboxylic acids is 1. The summed E-state index contributed by atoms with van der Waals surface area (Å²) < 4.78 is 0. The van der Waals surface area contributed by atoms with Crippen LogP contribution in [0, 0.1) is 5.92 Å². The highest BCUT2D eigenvalue weighted by Gasteiger charge is 2.17. The minimum absolute atomic E-state index is 0.0186. The van der Waals surface area contributed by atoms with E-state index in [-0.39, 0.29) is 25.2 Å². The van der Waals surface area contributed by atoms with Crippen molar-refractivity contribution in [2.75, 3.05) is 13.2 Å². The van der Waals surface area contributed by atoms with E-state index in [1.807, 2.05) is 30.3 Å². The van der Waals surface area contributed by atoms with Crippen molar-refractivity contribution in [3.63, 3.8) is 0 Å². The molecule has 4 nitrogen and oxygen atoms in total. The molecule has 0 bridgehead atoms. The van der Waals surface area contributed by atoms with Gasteiger partial charge < -0.3 is 15.7 Å². The van der Waals surface area contributed by atoms with E-state index in [0.717, 1.165) is 5.56 Å². The molecule has 0 spiro atoms. The lowest BCUT2D eigenvalue weighted by Gasteiger charge is -2.23. The van der Waals surface area contributed by atoms with Crippen LogP contribution in [-0.4, -0.2) is 24.3 Å². The van der Waals surface area contributed by atoms with Gasteiger partial charge in [-0.25, -0.2) is 4.79 Å². The molecular weight excluding hydrogens is 216 g/mol. The molecule has 1 atom stereocenters. The molecular formula is C13H20N2O2. The van der Waals surface area contributed by atoms with E-state index in [1.54, 1.807) is 0 Å². The van der Waals surface area contributed by atoms with E-state index in [4.69, 9.17) is 5.11 Å². The first-order valence-electron chi connectivity index (χ1n) is 5.85. The number of aliphatic hydroxyl groups is 1. The van der Waals surface area contributed by atoms with Crippen molar-refractivity contribution in [3.8, 4) is 0 Å². The summed E-state index contributed by atoms with van der Waals surface area (Å²) in [7, 11) is 0. The quantitative estimate of drug-likeness (QED) is 0.728. The zero-order chi connectivity index (χ0) is 12.7. The molecule has 0 saturated carbocycles. The standard InChI is InChI=1S/C13H20N2O2/c1-10(2)12(11-6-4-3-5-7-11)15-13(17)14-8-9-16/h3-7,10,12,16H,8-9H2,1-2H3,(H2,14,15,17). The Labute approximate surface area is 102 Å². The molecule has 17 heavy (non-hydrogen) atoms. The molecule has 0 aliphatic heterocycles. The second-order valence-corrected chi connectivity index (χ2v) is 4.26. The molecule has 0 fully saturated rings. The molecule has 1 unspecified atom stereocenters. The molecule has 3 N–H and O–H groups in total. The van der Waals surface area contributed by atoms with Gasteiger partial charge in [0.15, 0.2) is 0 Å². The number of carbonyl (C=O) groups is 1. The Morgan fingerprint density at radius 2 is 1.94 bits per heavy atom. The largest absolute Gasteiger partial charge is 0.395 e. The van der Waals surface area contributed by atoms with Crippen molar-refractivity contribution in [1.82, 2.24) is 10.6 Å². The second-order valence-electron chi connectivity index (χ2n) is 4.26. The van der Waals surface area contributed by atoms with E-state index < -0.39 is 0 Å². The van der Waals surface area contributed by atoms with Crippen LogP contribution in [-0.2, 0) is 0 Å². The molecule has 0 aliphatic rings. The van der Waals surface area contributed by atoms with Gasteiger partial charge in [-0.3, -0.25) is 0 Å². The third-order valence-electron chi connectivity index (χ3n) is 2.51. The molecule has 1 aromatic rings. The number of aliphatic hydroxyl groups excluding tert-OH is 1. The number of hydrogen-bond acceptors (Lipinski definition) is 2.